The normalized spacial score (nSPS) is 13.6. The Kier molecular flexibility index (Phi) is 5.30. The van der Waals surface area contributed by atoms with Crippen molar-refractivity contribution in [3.8, 4) is 0 Å². The number of benzene rings is 1. The number of nitrogens with two attached hydrogens (primary N) is 1. The van der Waals surface area contributed by atoms with Gasteiger partial charge in [0.05, 0.1) is 6.04 Å². The predicted octanol–water partition coefficient (Wildman–Crippen LogP) is 3.47. The number of hydrogen-bond acceptors (Lipinski definition) is 2. The molecule has 0 spiro atoms. The first-order valence-electron chi connectivity index (χ1n) is 7.08. The zero-order chi connectivity index (χ0) is 14.6. The van der Waals surface area contributed by atoms with Gasteiger partial charge in [-0.2, -0.15) is 0 Å². The maximum absolute atomic E-state index is 12.0. The van der Waals surface area contributed by atoms with Gasteiger partial charge in [-0.25, -0.2) is 0 Å². The van der Waals surface area contributed by atoms with Crippen molar-refractivity contribution in [2.75, 3.05) is 0 Å². The standard InChI is InChI=1S/C17H27NO/c1-12(2)10-15(18)16(19)11-13-6-8-14(9-7-13)17(3,4)5/h6-9,12,15H,10-11,18H2,1-5H3. The zero-order valence-corrected chi connectivity index (χ0v) is 12.9. The highest BCUT2D eigenvalue weighted by atomic mass is 16.1. The molecule has 1 aromatic rings. The van der Waals surface area contributed by atoms with E-state index in [9.17, 15) is 4.79 Å². The average molecular weight is 261 g/mol. The lowest BCUT2D eigenvalue weighted by atomic mass is 9.86. The molecule has 1 unspecified atom stereocenters. The summed E-state index contributed by atoms with van der Waals surface area (Å²) in [4.78, 5) is 12.0. The van der Waals surface area contributed by atoms with Crippen molar-refractivity contribution in [3.63, 3.8) is 0 Å². The Balaban J connectivity index is 2.66. The number of hydrogen-bond donors (Lipinski definition) is 1. The molecule has 2 heteroatoms. The second-order valence-electron chi connectivity index (χ2n) is 6.83. The monoisotopic (exact) mass is 261 g/mol. The Bertz CT molecular complexity index is 412. The van der Waals surface area contributed by atoms with Gasteiger partial charge in [0.25, 0.3) is 0 Å². The van der Waals surface area contributed by atoms with E-state index in [1.54, 1.807) is 0 Å². The van der Waals surface area contributed by atoms with Crippen LogP contribution in [-0.2, 0) is 16.6 Å². The molecular weight excluding hydrogens is 234 g/mol. The van der Waals surface area contributed by atoms with Crippen molar-refractivity contribution in [1.82, 2.24) is 0 Å². The smallest absolute Gasteiger partial charge is 0.153 e. The van der Waals surface area contributed by atoms with Crippen LogP contribution in [0.15, 0.2) is 24.3 Å². The van der Waals surface area contributed by atoms with Crippen LogP contribution >= 0.6 is 0 Å². The SMILES string of the molecule is CC(C)CC(N)C(=O)Cc1ccc(C(C)(C)C)cc1. The first-order valence-corrected chi connectivity index (χ1v) is 7.08. The summed E-state index contributed by atoms with van der Waals surface area (Å²) in [6.45, 7) is 10.7. The Morgan fingerprint density at radius 3 is 2.11 bits per heavy atom. The van der Waals surface area contributed by atoms with Gasteiger partial charge in [-0.15, -0.1) is 0 Å². The van der Waals surface area contributed by atoms with Gasteiger partial charge in [0.15, 0.2) is 5.78 Å². The van der Waals surface area contributed by atoms with Crippen molar-refractivity contribution >= 4 is 5.78 Å². The first kappa shape index (κ1) is 15.9. The minimum atomic E-state index is -0.331. The quantitative estimate of drug-likeness (QED) is 0.882. The van der Waals surface area contributed by atoms with E-state index in [1.807, 2.05) is 12.1 Å². The van der Waals surface area contributed by atoms with E-state index in [0.29, 0.717) is 12.3 Å². The van der Waals surface area contributed by atoms with Gasteiger partial charge in [0.1, 0.15) is 0 Å². The van der Waals surface area contributed by atoms with Crippen LogP contribution in [0.3, 0.4) is 0 Å². The van der Waals surface area contributed by atoms with Crippen LogP contribution in [0.25, 0.3) is 0 Å². The molecule has 0 fully saturated rings. The molecule has 0 aliphatic rings. The molecule has 1 atom stereocenters. The highest BCUT2D eigenvalue weighted by Crippen LogP contribution is 2.22. The fourth-order valence-electron chi connectivity index (χ4n) is 2.09. The van der Waals surface area contributed by atoms with Crippen molar-refractivity contribution < 1.29 is 4.79 Å². The Labute approximate surface area is 117 Å². The molecule has 1 aromatic carbocycles. The lowest BCUT2D eigenvalue weighted by Gasteiger charge is -2.19. The van der Waals surface area contributed by atoms with Crippen LogP contribution in [-0.4, -0.2) is 11.8 Å². The van der Waals surface area contributed by atoms with Crippen LogP contribution in [0.2, 0.25) is 0 Å². The first-order chi connectivity index (χ1) is 8.70. The minimum Gasteiger partial charge on any atom is -0.321 e. The van der Waals surface area contributed by atoms with Crippen LogP contribution in [0.1, 0.15) is 52.2 Å². The van der Waals surface area contributed by atoms with Gasteiger partial charge in [-0.05, 0) is 28.9 Å². The van der Waals surface area contributed by atoms with E-state index in [-0.39, 0.29) is 17.2 Å². The molecule has 1 rings (SSSR count). The highest BCUT2D eigenvalue weighted by molar-refractivity contribution is 5.85. The van der Waals surface area contributed by atoms with Gasteiger partial charge in [-0.1, -0.05) is 58.9 Å². The number of rotatable bonds is 5. The number of carbonyl (C=O) groups is 1. The molecule has 0 aliphatic heterocycles. The Morgan fingerprint density at radius 2 is 1.68 bits per heavy atom. The lowest BCUT2D eigenvalue weighted by Crippen LogP contribution is -2.33. The van der Waals surface area contributed by atoms with Gasteiger partial charge < -0.3 is 5.73 Å². The largest absolute Gasteiger partial charge is 0.321 e. The molecule has 2 nitrogen and oxygen atoms in total. The molecule has 106 valence electrons. The van der Waals surface area contributed by atoms with E-state index < -0.39 is 0 Å². The summed E-state index contributed by atoms with van der Waals surface area (Å²) in [5.41, 5.74) is 8.41. The fourth-order valence-corrected chi connectivity index (χ4v) is 2.09. The Hall–Kier alpha value is -1.15. The second kappa shape index (κ2) is 6.33. The van der Waals surface area contributed by atoms with Gasteiger partial charge in [0.2, 0.25) is 0 Å². The van der Waals surface area contributed by atoms with Crippen molar-refractivity contribution in [1.29, 1.82) is 0 Å². The summed E-state index contributed by atoms with van der Waals surface area (Å²) in [5, 5.41) is 0. The zero-order valence-electron chi connectivity index (χ0n) is 12.9. The van der Waals surface area contributed by atoms with Crippen molar-refractivity contribution in [2.45, 2.75) is 58.9 Å². The van der Waals surface area contributed by atoms with Crippen LogP contribution in [0, 0.1) is 5.92 Å². The molecule has 0 heterocycles. The molecule has 0 saturated carbocycles. The van der Waals surface area contributed by atoms with Gasteiger partial charge >= 0.3 is 0 Å². The van der Waals surface area contributed by atoms with Gasteiger partial charge in [-0.3, -0.25) is 4.79 Å². The molecule has 0 saturated heterocycles. The lowest BCUT2D eigenvalue weighted by molar-refractivity contribution is -0.120. The Morgan fingerprint density at radius 1 is 1.16 bits per heavy atom. The number of carbonyl (C=O) groups excluding carboxylic acids is 1. The fraction of sp³-hybridized carbons (Fsp3) is 0.588. The highest BCUT2D eigenvalue weighted by Gasteiger charge is 2.16. The van der Waals surface area contributed by atoms with E-state index in [4.69, 9.17) is 5.73 Å². The third-order valence-corrected chi connectivity index (χ3v) is 3.34. The molecule has 2 N–H and O–H groups in total. The van der Waals surface area contributed by atoms with Crippen molar-refractivity contribution in [2.24, 2.45) is 11.7 Å². The van der Waals surface area contributed by atoms with E-state index in [2.05, 4.69) is 46.8 Å². The maximum atomic E-state index is 12.0. The summed E-state index contributed by atoms with van der Waals surface area (Å²) in [6, 6.07) is 7.97. The van der Waals surface area contributed by atoms with E-state index >= 15 is 0 Å². The predicted molar refractivity (Wildman–Crippen MR) is 81.3 cm³/mol. The summed E-state index contributed by atoms with van der Waals surface area (Å²) in [5.74, 6) is 0.597. The number of ketones is 1. The average Bonchev–Trinajstić information content (AvgIpc) is 2.27. The maximum Gasteiger partial charge on any atom is 0.153 e. The molecule has 0 aromatic heterocycles. The third-order valence-electron chi connectivity index (χ3n) is 3.34. The summed E-state index contributed by atoms with van der Waals surface area (Å²) >= 11 is 0. The molecular formula is C17H27NO. The van der Waals surface area contributed by atoms with Crippen LogP contribution in [0.4, 0.5) is 0 Å². The van der Waals surface area contributed by atoms with Crippen LogP contribution < -0.4 is 5.73 Å². The summed E-state index contributed by atoms with van der Waals surface area (Å²) in [6.07, 6.45) is 1.21. The summed E-state index contributed by atoms with van der Waals surface area (Å²) in [7, 11) is 0. The van der Waals surface area contributed by atoms with Crippen LogP contribution in [0.5, 0.6) is 0 Å². The topological polar surface area (TPSA) is 43.1 Å². The molecule has 0 bridgehead atoms. The second-order valence-corrected chi connectivity index (χ2v) is 6.83. The third kappa shape index (κ3) is 5.15. The van der Waals surface area contributed by atoms with Gasteiger partial charge in [0, 0.05) is 6.42 Å². The minimum absolute atomic E-state index is 0.136. The number of Topliss-reactive ketones (excluding diaryl/α,β-unsaturated/α-hetero) is 1. The molecule has 0 amide bonds. The molecule has 0 radical (unpaired) electrons. The van der Waals surface area contributed by atoms with E-state index in [0.717, 1.165) is 12.0 Å². The van der Waals surface area contributed by atoms with Crippen molar-refractivity contribution in [3.05, 3.63) is 35.4 Å². The molecule has 0 aliphatic carbocycles. The van der Waals surface area contributed by atoms with E-state index in [1.165, 1.54) is 5.56 Å². The summed E-state index contributed by atoms with van der Waals surface area (Å²) < 4.78 is 0. The molecule has 19 heavy (non-hydrogen) atoms.